The van der Waals surface area contributed by atoms with Gasteiger partial charge in [-0.3, -0.25) is 4.79 Å². The van der Waals surface area contributed by atoms with Crippen LogP contribution >= 0.6 is 23.2 Å². The average Bonchev–Trinajstić information content (AvgIpc) is 3.32. The zero-order valence-electron chi connectivity index (χ0n) is 26.2. The maximum atomic E-state index is 12.0. The summed E-state index contributed by atoms with van der Waals surface area (Å²) in [5, 5.41) is 25.4. The van der Waals surface area contributed by atoms with Crippen molar-refractivity contribution in [3.63, 3.8) is 0 Å². The first-order valence-electron chi connectivity index (χ1n) is 13.0. The molecule has 0 spiro atoms. The van der Waals surface area contributed by atoms with Gasteiger partial charge in [-0.05, 0) is 54.6 Å². The predicted molar refractivity (Wildman–Crippen MR) is 162 cm³/mol. The fourth-order valence-corrected chi connectivity index (χ4v) is 5.60. The molecular weight excluding hydrogens is 775 g/mol. The van der Waals surface area contributed by atoms with Gasteiger partial charge in [-0.1, -0.05) is 5.02 Å². The molecule has 0 unspecified atom stereocenters. The van der Waals surface area contributed by atoms with Crippen LogP contribution in [0.25, 0.3) is 5.69 Å². The molecule has 2 aromatic carbocycles. The van der Waals surface area contributed by atoms with Crippen LogP contribution in [0.4, 0.5) is 22.9 Å². The maximum Gasteiger partial charge on any atom is 1.00 e. The topological polar surface area (TPSA) is 213 Å². The first kappa shape index (κ1) is 48.3. The molecular formula is C26H26Cl2K3N7O7S2. The van der Waals surface area contributed by atoms with E-state index in [0.29, 0.717) is 36.6 Å². The largest absolute Gasteiger partial charge is 1.00 e. The van der Waals surface area contributed by atoms with Crippen molar-refractivity contribution >= 4 is 72.2 Å². The second-order valence-electron chi connectivity index (χ2n) is 9.43. The molecule has 236 valence electrons. The van der Waals surface area contributed by atoms with Gasteiger partial charge in [-0.2, -0.15) is 45.7 Å². The molecule has 0 radical (unpaired) electrons. The first-order valence-corrected chi connectivity index (χ1v) is 16.9. The van der Waals surface area contributed by atoms with Crippen LogP contribution in [0.2, 0.25) is 10.0 Å². The third-order valence-electron chi connectivity index (χ3n) is 5.97. The van der Waals surface area contributed by atoms with E-state index in [1.54, 1.807) is 18.2 Å². The van der Waals surface area contributed by atoms with E-state index in [-0.39, 0.29) is 200 Å². The standard InChI is InChI=1S/C26H28Cl2N7O7S2.3K/c1-18(36)31-24-15-21(34(10-2-4-12-43(37,38)39)11-3-5-13-44(40,41)42)7-8-23(24)32-33-26-19(16-29)17-30-35(26)25-9-6-20(27)14-22(25)28;;;/h6-8,14-15,17H,2-5,10-13H2,1H3,(H,31,36)(H,37,38,39)(H,40,41,42);;;/q-1;3*+1/p-2. The van der Waals surface area contributed by atoms with Gasteiger partial charge in [0.25, 0.3) is 0 Å². The molecule has 3 rings (SSSR count). The number of azo groups is 1. The Bertz CT molecular complexity index is 1770. The number of hydrogen-bond acceptors (Lipinski definition) is 12. The minimum atomic E-state index is -4.39. The van der Waals surface area contributed by atoms with Gasteiger partial charge in [0.2, 0.25) is 5.91 Å². The van der Waals surface area contributed by atoms with Gasteiger partial charge in [0.05, 0.1) is 32.1 Å². The molecule has 0 aliphatic rings. The first-order chi connectivity index (χ1) is 20.7. The van der Waals surface area contributed by atoms with Crippen molar-refractivity contribution in [2.45, 2.75) is 32.6 Å². The smallest absolute Gasteiger partial charge is 0.748 e. The number of carbonyl (C=O) groups excluding carboxylic acids is 1. The SMILES string of the molecule is CC(=O)Nc1cc(N(CCCCS(=O)(=O)[O-])CCCCS(=O)(=O)[O-])ccc1N=Nc1c(C#N)cnn1-c1[c-]cc(Cl)cc1Cl.[K+].[K+].[K+]. The van der Waals surface area contributed by atoms with Crippen LogP contribution in [0, 0.1) is 17.4 Å². The van der Waals surface area contributed by atoms with E-state index in [4.69, 9.17) is 23.2 Å². The molecule has 0 bridgehead atoms. The molecule has 21 heteroatoms. The number of anilines is 2. The zero-order valence-corrected chi connectivity index (χ0v) is 38.7. The predicted octanol–water partition coefficient (Wildman–Crippen LogP) is -4.31. The van der Waals surface area contributed by atoms with Crippen LogP contribution in [0.15, 0.2) is 46.8 Å². The Balaban J connectivity index is 0.00000705. The average molecular weight is 801 g/mol. The van der Waals surface area contributed by atoms with Crippen LogP contribution in [-0.2, 0) is 25.0 Å². The molecule has 1 N–H and O–H groups in total. The number of nitrogens with one attached hydrogen (secondary N) is 1. The monoisotopic (exact) mass is 799 g/mol. The summed E-state index contributed by atoms with van der Waals surface area (Å²) < 4.78 is 67.3. The summed E-state index contributed by atoms with van der Waals surface area (Å²) in [4.78, 5) is 13.8. The van der Waals surface area contributed by atoms with Crippen molar-refractivity contribution < 1.29 is 185 Å². The summed E-state index contributed by atoms with van der Waals surface area (Å²) in [6, 6.07) is 12.6. The number of nitrogens with zero attached hydrogens (tertiary/aromatic N) is 6. The van der Waals surface area contributed by atoms with Crippen LogP contribution in [-0.4, -0.2) is 66.2 Å². The summed E-state index contributed by atoms with van der Waals surface area (Å²) in [5.41, 5.74) is 1.37. The van der Waals surface area contributed by atoms with Crippen molar-refractivity contribution in [1.29, 1.82) is 5.26 Å². The molecule has 0 saturated heterocycles. The van der Waals surface area contributed by atoms with Crippen molar-refractivity contribution in [3.8, 4) is 11.8 Å². The molecule has 0 saturated carbocycles. The van der Waals surface area contributed by atoms with Crippen LogP contribution in [0.1, 0.15) is 38.2 Å². The normalized spacial score (nSPS) is 11.1. The van der Waals surface area contributed by atoms with E-state index in [1.165, 1.54) is 29.9 Å². The Morgan fingerprint density at radius 2 is 1.62 bits per heavy atom. The fourth-order valence-electron chi connectivity index (χ4n) is 4.01. The quantitative estimate of drug-likeness (QED) is 0.0514. The van der Waals surface area contributed by atoms with Gasteiger partial charge < -0.3 is 19.3 Å². The summed E-state index contributed by atoms with van der Waals surface area (Å²) >= 11 is 12.3. The minimum absolute atomic E-state index is 0. The number of carbonyl (C=O) groups is 1. The summed E-state index contributed by atoms with van der Waals surface area (Å²) in [6.45, 7) is 1.88. The third-order valence-corrected chi connectivity index (χ3v) is 8.05. The number of benzene rings is 2. The van der Waals surface area contributed by atoms with Crippen LogP contribution in [0.3, 0.4) is 0 Å². The van der Waals surface area contributed by atoms with Gasteiger partial charge in [0.15, 0.2) is 5.82 Å². The number of amides is 1. The molecule has 1 aromatic heterocycles. The summed E-state index contributed by atoms with van der Waals surface area (Å²) in [5.74, 6) is -1.45. The molecule has 14 nitrogen and oxygen atoms in total. The Labute approximate surface area is 411 Å². The van der Waals surface area contributed by atoms with Crippen LogP contribution in [0.5, 0.6) is 0 Å². The van der Waals surface area contributed by atoms with E-state index >= 15 is 0 Å². The summed E-state index contributed by atoms with van der Waals surface area (Å²) in [7, 11) is -8.77. The van der Waals surface area contributed by atoms with Crippen molar-refractivity contribution in [2.24, 2.45) is 10.2 Å². The number of nitriles is 1. The van der Waals surface area contributed by atoms with Crippen molar-refractivity contribution in [2.75, 3.05) is 34.8 Å². The summed E-state index contributed by atoms with van der Waals surface area (Å²) in [6.07, 6.45) is 2.13. The minimum Gasteiger partial charge on any atom is -0.748 e. The van der Waals surface area contributed by atoms with Gasteiger partial charge in [0.1, 0.15) is 17.3 Å². The van der Waals surface area contributed by atoms with E-state index in [2.05, 4.69) is 26.7 Å². The number of hydrogen-bond donors (Lipinski definition) is 1. The number of unbranched alkanes of at least 4 members (excludes halogenated alkanes) is 2. The van der Waals surface area contributed by atoms with Crippen molar-refractivity contribution in [3.05, 3.63) is 58.2 Å². The van der Waals surface area contributed by atoms with Gasteiger partial charge in [-0.15, -0.1) is 16.3 Å². The van der Waals surface area contributed by atoms with E-state index in [1.807, 2.05) is 11.0 Å². The van der Waals surface area contributed by atoms with E-state index < -0.39 is 37.6 Å². The fraction of sp³-hybridized carbons (Fsp3) is 0.346. The second kappa shape index (κ2) is 23.1. The molecule has 1 heterocycles. The molecule has 0 aliphatic carbocycles. The molecule has 1 amide bonds. The number of aromatic nitrogens is 2. The Morgan fingerprint density at radius 3 is 2.13 bits per heavy atom. The van der Waals surface area contributed by atoms with Gasteiger partial charge in [0, 0.05) is 37.2 Å². The Kier molecular flexibility index (Phi) is 23.7. The molecule has 0 atom stereocenters. The molecule has 3 aromatic rings. The Hall–Kier alpha value is 1.32. The van der Waals surface area contributed by atoms with Crippen molar-refractivity contribution in [1.82, 2.24) is 9.78 Å². The van der Waals surface area contributed by atoms with Crippen LogP contribution < -0.4 is 164 Å². The molecule has 0 aliphatic heterocycles. The maximum absolute atomic E-state index is 12.0. The zero-order chi connectivity index (χ0) is 32.5. The molecule has 47 heavy (non-hydrogen) atoms. The van der Waals surface area contributed by atoms with E-state index in [9.17, 15) is 36.0 Å². The Morgan fingerprint density at radius 1 is 1.02 bits per heavy atom. The third kappa shape index (κ3) is 17.1. The number of halogens is 2. The van der Waals surface area contributed by atoms with Gasteiger partial charge in [-0.25, -0.2) is 21.5 Å². The number of rotatable bonds is 15. The van der Waals surface area contributed by atoms with E-state index in [0.717, 1.165) is 0 Å². The molecule has 0 fully saturated rings. The second-order valence-corrected chi connectivity index (χ2v) is 13.3. The van der Waals surface area contributed by atoms with Gasteiger partial charge >= 0.3 is 154 Å².